The van der Waals surface area contributed by atoms with Gasteiger partial charge in [0, 0.05) is 17.1 Å². The third-order valence-electron chi connectivity index (χ3n) is 5.39. The van der Waals surface area contributed by atoms with Gasteiger partial charge in [-0.2, -0.15) is 5.21 Å². The Morgan fingerprint density at radius 2 is 1.70 bits per heavy atom. The zero-order valence-electron chi connectivity index (χ0n) is 19.3. The monoisotopic (exact) mass is 562 g/mol. The summed E-state index contributed by atoms with van der Waals surface area (Å²) in [6, 6.07) is 19.3. The van der Waals surface area contributed by atoms with E-state index in [-0.39, 0.29) is 33.7 Å². The first-order valence-electron chi connectivity index (χ1n) is 11.0. The van der Waals surface area contributed by atoms with E-state index in [1.165, 1.54) is 24.3 Å². The van der Waals surface area contributed by atoms with Crippen molar-refractivity contribution in [2.45, 2.75) is 22.3 Å². The van der Waals surface area contributed by atoms with Crippen molar-refractivity contribution in [2.24, 2.45) is 0 Å². The predicted octanol–water partition coefficient (Wildman–Crippen LogP) is 3.23. The zero-order valence-corrected chi connectivity index (χ0v) is 21.7. The van der Waals surface area contributed by atoms with Crippen molar-refractivity contribution in [1.29, 1.82) is 0 Å². The molecule has 10 nitrogen and oxygen atoms in total. The molecule has 0 saturated heterocycles. The Morgan fingerprint density at radius 3 is 2.32 bits per heavy atom. The summed E-state index contributed by atoms with van der Waals surface area (Å²) in [6.07, 6.45) is -0.0140. The van der Waals surface area contributed by atoms with Crippen molar-refractivity contribution in [3.63, 3.8) is 0 Å². The fourth-order valence-corrected chi connectivity index (χ4v) is 4.91. The molecule has 1 amide bonds. The molecule has 1 aromatic heterocycles. The maximum atomic E-state index is 13.0. The number of benzene rings is 3. The molecule has 3 aromatic carbocycles. The van der Waals surface area contributed by atoms with Crippen LogP contribution in [0.25, 0.3) is 0 Å². The number of aliphatic hydroxyl groups is 1. The number of halogens is 2. The lowest BCUT2D eigenvalue weighted by Crippen LogP contribution is -2.23. The van der Waals surface area contributed by atoms with E-state index in [1.54, 1.807) is 42.5 Å². The fourth-order valence-electron chi connectivity index (χ4n) is 3.45. The smallest absolute Gasteiger partial charge is 0.270 e. The van der Waals surface area contributed by atoms with Gasteiger partial charge >= 0.3 is 0 Å². The van der Waals surface area contributed by atoms with Crippen LogP contribution < -0.4 is 10.6 Å². The second-order valence-electron chi connectivity index (χ2n) is 7.89. The van der Waals surface area contributed by atoms with Crippen LogP contribution >= 0.6 is 24.0 Å². The van der Waals surface area contributed by atoms with Crippen LogP contribution in [0, 0.1) is 0 Å². The Hall–Kier alpha value is -3.35. The molecule has 0 fully saturated rings. The number of nitrogens with one attached hydrogen (secondary N) is 3. The van der Waals surface area contributed by atoms with Crippen molar-refractivity contribution in [1.82, 2.24) is 25.9 Å². The topological polar surface area (TPSA) is 150 Å². The van der Waals surface area contributed by atoms with Crippen molar-refractivity contribution in [3.05, 3.63) is 94.5 Å². The lowest BCUT2D eigenvalue weighted by molar-refractivity contribution is 0.102. The number of H-pyrrole nitrogens is 1. The molecule has 1 atom stereocenters. The van der Waals surface area contributed by atoms with E-state index in [0.717, 1.165) is 11.1 Å². The summed E-state index contributed by atoms with van der Waals surface area (Å²) < 4.78 is 26.0. The molecule has 4 N–H and O–H groups in total. The van der Waals surface area contributed by atoms with Crippen LogP contribution in [0.15, 0.2) is 82.6 Å². The number of amides is 1. The molecule has 1 heterocycles. The molecule has 4 rings (SSSR count). The second kappa shape index (κ2) is 12.7. The average molecular weight is 563 g/mol. The largest absolute Gasteiger partial charge is 0.387 e. The first-order valence-corrected chi connectivity index (χ1v) is 12.8. The number of anilines is 1. The average Bonchev–Trinajstić information content (AvgIpc) is 3.40. The third kappa shape index (κ3) is 7.34. The summed E-state index contributed by atoms with van der Waals surface area (Å²) in [7, 11) is -3.75. The third-order valence-corrected chi connectivity index (χ3v) is 7.41. The van der Waals surface area contributed by atoms with Crippen LogP contribution in [0.2, 0.25) is 5.02 Å². The first-order chi connectivity index (χ1) is 17.3. The van der Waals surface area contributed by atoms with E-state index in [0.29, 0.717) is 24.5 Å². The summed E-state index contributed by atoms with van der Waals surface area (Å²) in [4.78, 5) is 12.4. The highest BCUT2D eigenvalue weighted by Gasteiger charge is 2.18. The number of sulfone groups is 1. The van der Waals surface area contributed by atoms with E-state index < -0.39 is 21.8 Å². The summed E-state index contributed by atoms with van der Waals surface area (Å²) in [5, 5.41) is 29.3. The van der Waals surface area contributed by atoms with Gasteiger partial charge in [-0.05, 0) is 77.8 Å². The highest BCUT2D eigenvalue weighted by Crippen LogP contribution is 2.22. The highest BCUT2D eigenvalue weighted by atomic mass is 35.5. The van der Waals surface area contributed by atoms with Crippen molar-refractivity contribution < 1.29 is 18.3 Å². The SMILES string of the molecule is Cl.O=C(Nc1nn[nH]n1)c1ccc(S(=O)(=O)c2ccc(CCNC[C@H](O)c3cccc(Cl)c3)cc2)cc1. The molecule has 0 spiro atoms. The normalized spacial score (nSPS) is 11.9. The molecule has 4 aromatic rings. The number of nitrogens with zero attached hydrogens (tertiary/aromatic N) is 3. The van der Waals surface area contributed by atoms with Crippen LogP contribution in [0.5, 0.6) is 0 Å². The Morgan fingerprint density at radius 1 is 1.03 bits per heavy atom. The fraction of sp³-hybridized carbons (Fsp3) is 0.167. The lowest BCUT2D eigenvalue weighted by Gasteiger charge is -2.13. The van der Waals surface area contributed by atoms with Gasteiger partial charge in [0.2, 0.25) is 9.84 Å². The molecule has 0 radical (unpaired) electrons. The van der Waals surface area contributed by atoms with Gasteiger partial charge in [0.05, 0.1) is 15.9 Å². The summed E-state index contributed by atoms with van der Waals surface area (Å²) >= 11 is 5.96. The van der Waals surface area contributed by atoms with Crippen LogP contribution in [-0.2, 0) is 16.3 Å². The molecule has 0 aliphatic heterocycles. The number of aromatic amines is 1. The minimum Gasteiger partial charge on any atom is -0.387 e. The first kappa shape index (κ1) is 28.2. The van der Waals surface area contributed by atoms with E-state index >= 15 is 0 Å². The Kier molecular flexibility index (Phi) is 9.73. The van der Waals surface area contributed by atoms with E-state index in [4.69, 9.17) is 11.6 Å². The van der Waals surface area contributed by atoms with Crippen LogP contribution in [-0.4, -0.2) is 53.1 Å². The molecular formula is C24H24Cl2N6O4S. The maximum Gasteiger partial charge on any atom is 0.270 e. The number of tetrazole rings is 1. The number of rotatable bonds is 10. The summed E-state index contributed by atoms with van der Waals surface area (Å²) in [5.74, 6) is -0.470. The van der Waals surface area contributed by atoms with Gasteiger partial charge in [-0.1, -0.05) is 41.0 Å². The zero-order chi connectivity index (χ0) is 25.5. The number of hydrogen-bond acceptors (Lipinski definition) is 8. The van der Waals surface area contributed by atoms with Gasteiger partial charge in [-0.15, -0.1) is 17.5 Å². The highest BCUT2D eigenvalue weighted by molar-refractivity contribution is 7.91. The van der Waals surface area contributed by atoms with Crippen LogP contribution in [0.3, 0.4) is 0 Å². The van der Waals surface area contributed by atoms with Crippen LogP contribution in [0.4, 0.5) is 5.95 Å². The standard InChI is InChI=1S/C24H23ClN6O4S.ClH/c25-19-3-1-2-18(14-19)22(32)15-26-13-12-16-4-8-20(9-5-16)36(34,35)21-10-6-17(7-11-21)23(33)27-24-28-30-31-29-24;/h1-11,14,22,26,32H,12-13,15H2,(H2,27,28,29,30,31,33);1H/t22-;/m0./s1. The predicted molar refractivity (Wildman–Crippen MR) is 141 cm³/mol. The van der Waals surface area contributed by atoms with Gasteiger partial charge in [0.25, 0.3) is 11.9 Å². The Labute approximate surface area is 224 Å². The van der Waals surface area contributed by atoms with Gasteiger partial charge in [-0.25, -0.2) is 8.42 Å². The van der Waals surface area contributed by atoms with Gasteiger partial charge in [-0.3, -0.25) is 10.1 Å². The number of hydrogen-bond donors (Lipinski definition) is 4. The van der Waals surface area contributed by atoms with E-state index in [9.17, 15) is 18.3 Å². The minimum atomic E-state index is -3.75. The molecule has 0 unspecified atom stereocenters. The molecule has 0 saturated carbocycles. The summed E-state index contributed by atoms with van der Waals surface area (Å²) in [5.41, 5.74) is 1.94. The van der Waals surface area contributed by atoms with Gasteiger partial charge in [0.1, 0.15) is 0 Å². The number of carbonyl (C=O) groups excluding carboxylic acids is 1. The van der Waals surface area contributed by atoms with Crippen molar-refractivity contribution in [3.8, 4) is 0 Å². The molecule has 0 aliphatic rings. The van der Waals surface area contributed by atoms with Gasteiger partial charge in [0.15, 0.2) is 0 Å². The van der Waals surface area contributed by atoms with Crippen molar-refractivity contribution in [2.75, 3.05) is 18.4 Å². The molecular weight excluding hydrogens is 539 g/mol. The quantitative estimate of drug-likeness (QED) is 0.215. The molecule has 0 bridgehead atoms. The number of aromatic nitrogens is 4. The van der Waals surface area contributed by atoms with E-state index in [2.05, 4.69) is 31.3 Å². The molecule has 0 aliphatic carbocycles. The van der Waals surface area contributed by atoms with E-state index in [1.807, 2.05) is 6.07 Å². The second-order valence-corrected chi connectivity index (χ2v) is 10.3. The lowest BCUT2D eigenvalue weighted by atomic mass is 10.1. The molecule has 37 heavy (non-hydrogen) atoms. The number of carbonyl (C=O) groups is 1. The molecule has 13 heteroatoms. The van der Waals surface area contributed by atoms with Gasteiger partial charge < -0.3 is 10.4 Å². The summed E-state index contributed by atoms with van der Waals surface area (Å²) in [6.45, 7) is 0.979. The van der Waals surface area contributed by atoms with Crippen molar-refractivity contribution >= 4 is 45.7 Å². The minimum absolute atomic E-state index is 0. The van der Waals surface area contributed by atoms with Crippen LogP contribution in [0.1, 0.15) is 27.6 Å². The maximum absolute atomic E-state index is 13.0. The Balaban J connectivity index is 0.00000380. The Bertz CT molecular complexity index is 1420. The number of aliphatic hydroxyl groups excluding tert-OH is 1. The molecule has 194 valence electrons.